The number of hydrogen-bond donors (Lipinski definition) is 2. The third-order valence-electron chi connectivity index (χ3n) is 4.57. The summed E-state index contributed by atoms with van der Waals surface area (Å²) in [5.41, 5.74) is -2.64. The zero-order valence-electron chi connectivity index (χ0n) is 9.72. The maximum Gasteiger partial charge on any atom is 0.312 e. The minimum Gasteiger partial charge on any atom is -0.481 e. The maximum absolute atomic E-state index is 13.1. The molecular formula is C12H18F2O3. The van der Waals surface area contributed by atoms with Crippen LogP contribution in [-0.4, -0.2) is 27.7 Å². The second-order valence-electron chi connectivity index (χ2n) is 5.48. The molecular weight excluding hydrogens is 230 g/mol. The lowest BCUT2D eigenvalue weighted by molar-refractivity contribution is -0.186. The lowest BCUT2D eigenvalue weighted by atomic mass is 9.61. The molecule has 98 valence electrons. The summed E-state index contributed by atoms with van der Waals surface area (Å²) in [6.07, 6.45) is 1.31. The Kier molecular flexibility index (Phi) is 2.92. The van der Waals surface area contributed by atoms with Crippen molar-refractivity contribution in [3.8, 4) is 0 Å². The maximum atomic E-state index is 13.1. The van der Waals surface area contributed by atoms with E-state index in [9.17, 15) is 23.8 Å². The summed E-state index contributed by atoms with van der Waals surface area (Å²) in [7, 11) is 0. The lowest BCUT2D eigenvalue weighted by Crippen LogP contribution is -2.54. The number of carboxylic acids is 1. The highest BCUT2D eigenvalue weighted by atomic mass is 19.3. The topological polar surface area (TPSA) is 57.5 Å². The van der Waals surface area contributed by atoms with Crippen molar-refractivity contribution in [2.45, 2.75) is 62.9 Å². The van der Waals surface area contributed by atoms with Gasteiger partial charge < -0.3 is 10.2 Å². The summed E-state index contributed by atoms with van der Waals surface area (Å²) in [5, 5.41) is 19.9. The number of aliphatic hydroxyl groups is 1. The highest BCUT2D eigenvalue weighted by molar-refractivity contribution is 5.76. The molecule has 0 radical (unpaired) electrons. The summed E-state index contributed by atoms with van der Waals surface area (Å²) in [5.74, 6) is -3.88. The molecule has 2 rings (SSSR count). The minimum absolute atomic E-state index is 0.119. The zero-order chi connectivity index (χ0) is 12.7. The van der Waals surface area contributed by atoms with Crippen LogP contribution >= 0.6 is 0 Å². The van der Waals surface area contributed by atoms with Crippen LogP contribution in [0.2, 0.25) is 0 Å². The molecule has 0 aromatic rings. The predicted octanol–water partition coefficient (Wildman–Crippen LogP) is 2.57. The first kappa shape index (κ1) is 12.7. The minimum atomic E-state index is -2.77. The van der Waals surface area contributed by atoms with E-state index in [2.05, 4.69) is 0 Å². The van der Waals surface area contributed by atoms with Crippen LogP contribution in [0.1, 0.15) is 51.4 Å². The van der Waals surface area contributed by atoms with Crippen LogP contribution in [0.25, 0.3) is 0 Å². The molecule has 2 fully saturated rings. The number of aliphatic carboxylic acids is 1. The van der Waals surface area contributed by atoms with Crippen LogP contribution in [0.3, 0.4) is 0 Å². The quantitative estimate of drug-likeness (QED) is 0.789. The van der Waals surface area contributed by atoms with Crippen molar-refractivity contribution in [3.63, 3.8) is 0 Å². The molecule has 2 aliphatic carbocycles. The number of carbonyl (C=O) groups is 1. The predicted molar refractivity (Wildman–Crippen MR) is 56.9 cm³/mol. The first-order valence-electron chi connectivity index (χ1n) is 6.15. The van der Waals surface area contributed by atoms with Crippen LogP contribution in [0.15, 0.2) is 0 Å². The fourth-order valence-corrected chi connectivity index (χ4v) is 3.36. The van der Waals surface area contributed by atoms with Crippen LogP contribution in [0.4, 0.5) is 8.78 Å². The van der Waals surface area contributed by atoms with E-state index in [-0.39, 0.29) is 12.8 Å². The van der Waals surface area contributed by atoms with Crippen molar-refractivity contribution in [2.75, 3.05) is 0 Å². The Balaban J connectivity index is 2.26. The Morgan fingerprint density at radius 2 is 1.41 bits per heavy atom. The third kappa shape index (κ3) is 1.94. The van der Waals surface area contributed by atoms with Crippen molar-refractivity contribution in [1.29, 1.82) is 0 Å². The van der Waals surface area contributed by atoms with E-state index in [1.807, 2.05) is 0 Å². The van der Waals surface area contributed by atoms with E-state index in [1.54, 1.807) is 0 Å². The lowest BCUT2D eigenvalue weighted by Gasteiger charge is -2.46. The highest BCUT2D eigenvalue weighted by Crippen LogP contribution is 2.54. The molecule has 0 unspecified atom stereocenters. The van der Waals surface area contributed by atoms with Gasteiger partial charge in [-0.05, 0) is 25.7 Å². The van der Waals surface area contributed by atoms with Gasteiger partial charge in [-0.15, -0.1) is 0 Å². The van der Waals surface area contributed by atoms with Crippen LogP contribution in [-0.2, 0) is 4.79 Å². The van der Waals surface area contributed by atoms with E-state index in [0.717, 1.165) is 12.8 Å². The average molecular weight is 248 g/mol. The van der Waals surface area contributed by atoms with Gasteiger partial charge in [0.05, 0.1) is 11.0 Å². The van der Waals surface area contributed by atoms with Gasteiger partial charge in [-0.25, -0.2) is 8.78 Å². The smallest absolute Gasteiger partial charge is 0.312 e. The largest absolute Gasteiger partial charge is 0.481 e. The number of hydrogen-bond acceptors (Lipinski definition) is 2. The molecule has 0 bridgehead atoms. The highest BCUT2D eigenvalue weighted by Gasteiger charge is 2.60. The van der Waals surface area contributed by atoms with Gasteiger partial charge in [0.1, 0.15) is 0 Å². The molecule has 0 saturated heterocycles. The van der Waals surface area contributed by atoms with Crippen LogP contribution in [0, 0.1) is 5.41 Å². The molecule has 5 heteroatoms. The third-order valence-corrected chi connectivity index (χ3v) is 4.57. The average Bonchev–Trinajstić information content (AvgIpc) is 2.66. The molecule has 2 N–H and O–H groups in total. The molecule has 0 aliphatic heterocycles. The fourth-order valence-electron chi connectivity index (χ4n) is 3.36. The molecule has 0 atom stereocenters. The number of alkyl halides is 2. The number of rotatable bonds is 2. The van der Waals surface area contributed by atoms with E-state index in [0.29, 0.717) is 12.8 Å². The molecule has 0 aromatic heterocycles. The second-order valence-corrected chi connectivity index (χ2v) is 5.48. The van der Waals surface area contributed by atoms with E-state index in [1.165, 1.54) is 0 Å². The summed E-state index contributed by atoms with van der Waals surface area (Å²) in [6, 6.07) is 0. The van der Waals surface area contributed by atoms with E-state index >= 15 is 0 Å². The fraction of sp³-hybridized carbons (Fsp3) is 0.917. The van der Waals surface area contributed by atoms with Crippen molar-refractivity contribution in [2.24, 2.45) is 5.41 Å². The van der Waals surface area contributed by atoms with Crippen molar-refractivity contribution >= 4 is 5.97 Å². The molecule has 2 aliphatic rings. The van der Waals surface area contributed by atoms with Gasteiger partial charge in [0.2, 0.25) is 5.92 Å². The molecule has 17 heavy (non-hydrogen) atoms. The molecule has 0 amide bonds. The summed E-state index contributed by atoms with van der Waals surface area (Å²) in [6.45, 7) is 0. The summed E-state index contributed by atoms with van der Waals surface area (Å²) >= 11 is 0. The van der Waals surface area contributed by atoms with Gasteiger partial charge in [0.15, 0.2) is 0 Å². The zero-order valence-corrected chi connectivity index (χ0v) is 9.72. The van der Waals surface area contributed by atoms with Gasteiger partial charge in [-0.2, -0.15) is 0 Å². The van der Waals surface area contributed by atoms with Crippen molar-refractivity contribution < 1.29 is 23.8 Å². The Labute approximate surface area is 98.8 Å². The van der Waals surface area contributed by atoms with Crippen molar-refractivity contribution in [3.05, 3.63) is 0 Å². The van der Waals surface area contributed by atoms with Crippen molar-refractivity contribution in [1.82, 2.24) is 0 Å². The van der Waals surface area contributed by atoms with Gasteiger partial charge in [-0.1, -0.05) is 12.8 Å². The molecule has 2 saturated carbocycles. The Hall–Kier alpha value is -0.710. The van der Waals surface area contributed by atoms with Crippen LogP contribution in [0.5, 0.6) is 0 Å². The number of halogens is 2. The van der Waals surface area contributed by atoms with Gasteiger partial charge in [0, 0.05) is 12.8 Å². The monoisotopic (exact) mass is 248 g/mol. The molecule has 0 spiro atoms. The normalized spacial score (nSPS) is 30.1. The SMILES string of the molecule is O=C(O)C1(C2(O)CCCC2)CCC(F)(F)CC1. The van der Waals surface area contributed by atoms with Crippen LogP contribution < -0.4 is 0 Å². The molecule has 3 nitrogen and oxygen atoms in total. The summed E-state index contributed by atoms with van der Waals surface area (Å²) in [4.78, 5) is 11.5. The Bertz CT molecular complexity index is 312. The van der Waals surface area contributed by atoms with E-state index in [4.69, 9.17) is 0 Å². The second kappa shape index (κ2) is 3.90. The van der Waals surface area contributed by atoms with Gasteiger partial charge in [0.25, 0.3) is 0 Å². The standard InChI is InChI=1S/C12H18F2O3/c13-12(14)7-5-10(6-8-12,9(15)16)11(17)3-1-2-4-11/h17H,1-8H2,(H,15,16). The molecule has 0 heterocycles. The first-order chi connectivity index (χ1) is 7.81. The first-order valence-corrected chi connectivity index (χ1v) is 6.15. The molecule has 0 aromatic carbocycles. The number of carboxylic acid groups (broad SMARTS) is 1. The van der Waals surface area contributed by atoms with E-state index < -0.39 is 35.7 Å². The Morgan fingerprint density at radius 1 is 0.941 bits per heavy atom. The van der Waals surface area contributed by atoms with Gasteiger partial charge >= 0.3 is 5.97 Å². The summed E-state index contributed by atoms with van der Waals surface area (Å²) < 4.78 is 26.3. The Morgan fingerprint density at radius 3 is 1.82 bits per heavy atom. The van der Waals surface area contributed by atoms with Gasteiger partial charge in [-0.3, -0.25) is 4.79 Å².